The van der Waals surface area contributed by atoms with Gasteiger partial charge in [0.05, 0.1) is 5.69 Å². The molecule has 0 saturated carbocycles. The molecular weight excluding hydrogens is 204 g/mol. The summed E-state index contributed by atoms with van der Waals surface area (Å²) in [6, 6.07) is 7.04. The molecule has 0 amide bonds. The van der Waals surface area contributed by atoms with Crippen LogP contribution in [0.25, 0.3) is 5.69 Å². The first-order valence-corrected chi connectivity index (χ1v) is 4.97. The Labute approximate surface area is 92.2 Å². The van der Waals surface area contributed by atoms with Gasteiger partial charge in [-0.15, -0.1) is 0 Å². The normalized spacial score (nSPS) is 10.4. The number of nitrogens with zero attached hydrogens (tertiary/aromatic N) is 1. The van der Waals surface area contributed by atoms with Crippen molar-refractivity contribution in [3.63, 3.8) is 0 Å². The van der Waals surface area contributed by atoms with Gasteiger partial charge in [-0.05, 0) is 37.1 Å². The fourth-order valence-corrected chi connectivity index (χ4v) is 1.50. The second kappa shape index (κ2) is 3.81. The molecule has 16 heavy (non-hydrogen) atoms. The Hall–Kier alpha value is -2.10. The highest BCUT2D eigenvalue weighted by molar-refractivity contribution is 5.39. The monoisotopic (exact) mass is 216 g/mol. The third kappa shape index (κ3) is 1.82. The van der Waals surface area contributed by atoms with Crippen molar-refractivity contribution in [3.8, 4) is 5.69 Å². The van der Waals surface area contributed by atoms with E-state index in [2.05, 4.69) is 4.98 Å². The van der Waals surface area contributed by atoms with Gasteiger partial charge < -0.3 is 0 Å². The quantitative estimate of drug-likeness (QED) is 0.777. The van der Waals surface area contributed by atoms with Gasteiger partial charge >= 0.3 is 5.69 Å². The van der Waals surface area contributed by atoms with Crippen molar-refractivity contribution in [1.29, 1.82) is 0 Å². The van der Waals surface area contributed by atoms with Crippen LogP contribution in [0, 0.1) is 13.8 Å². The first-order valence-electron chi connectivity index (χ1n) is 4.97. The summed E-state index contributed by atoms with van der Waals surface area (Å²) in [5, 5.41) is 0. The molecule has 82 valence electrons. The summed E-state index contributed by atoms with van der Waals surface area (Å²) in [6.07, 6.45) is 1.48. The average Bonchev–Trinajstić information content (AvgIpc) is 2.22. The van der Waals surface area contributed by atoms with Crippen LogP contribution in [0.2, 0.25) is 0 Å². The Morgan fingerprint density at radius 1 is 1.06 bits per heavy atom. The summed E-state index contributed by atoms with van der Waals surface area (Å²) in [6.45, 7) is 3.99. The van der Waals surface area contributed by atoms with E-state index in [9.17, 15) is 9.59 Å². The van der Waals surface area contributed by atoms with Crippen molar-refractivity contribution < 1.29 is 0 Å². The first kappa shape index (κ1) is 10.4. The smallest absolute Gasteiger partial charge is 0.274 e. The highest BCUT2D eigenvalue weighted by Crippen LogP contribution is 2.11. The highest BCUT2D eigenvalue weighted by Gasteiger charge is 2.01. The lowest BCUT2D eigenvalue weighted by Gasteiger charge is -2.06. The molecule has 0 aliphatic carbocycles. The van der Waals surface area contributed by atoms with Crippen LogP contribution in [0.4, 0.5) is 0 Å². The van der Waals surface area contributed by atoms with Crippen molar-refractivity contribution in [3.05, 3.63) is 62.4 Å². The molecule has 4 heteroatoms. The van der Waals surface area contributed by atoms with E-state index in [1.807, 2.05) is 32.0 Å². The van der Waals surface area contributed by atoms with Crippen molar-refractivity contribution in [2.24, 2.45) is 0 Å². The third-order valence-corrected chi connectivity index (χ3v) is 2.59. The Morgan fingerprint density at radius 3 is 2.44 bits per heavy atom. The molecule has 2 rings (SSSR count). The number of H-pyrrole nitrogens is 1. The maximum Gasteiger partial charge on any atom is 0.332 e. The van der Waals surface area contributed by atoms with Gasteiger partial charge in [-0.25, -0.2) is 4.79 Å². The summed E-state index contributed by atoms with van der Waals surface area (Å²) in [7, 11) is 0. The molecule has 0 radical (unpaired) electrons. The summed E-state index contributed by atoms with van der Waals surface area (Å²) < 4.78 is 1.41. The Balaban J connectivity index is 2.63. The van der Waals surface area contributed by atoms with Gasteiger partial charge in [-0.2, -0.15) is 0 Å². The standard InChI is InChI=1S/C12H12N2O2/c1-8-3-4-10(7-9(8)2)14-6-5-11(15)13-12(14)16/h3-7H,1-2H3,(H,13,15,16). The number of benzene rings is 1. The lowest BCUT2D eigenvalue weighted by atomic mass is 10.1. The minimum absolute atomic E-state index is 0.384. The largest absolute Gasteiger partial charge is 0.332 e. The van der Waals surface area contributed by atoms with E-state index in [0.717, 1.165) is 11.3 Å². The molecule has 0 atom stereocenters. The molecule has 4 nitrogen and oxygen atoms in total. The van der Waals surface area contributed by atoms with Crippen LogP contribution in [0.1, 0.15) is 11.1 Å². The molecule has 0 bridgehead atoms. The second-order valence-corrected chi connectivity index (χ2v) is 3.75. The van der Waals surface area contributed by atoms with Crippen molar-refractivity contribution in [2.75, 3.05) is 0 Å². The van der Waals surface area contributed by atoms with Crippen LogP contribution in [0.5, 0.6) is 0 Å². The molecule has 0 aliphatic heterocycles. The second-order valence-electron chi connectivity index (χ2n) is 3.75. The van der Waals surface area contributed by atoms with Gasteiger partial charge in [0.1, 0.15) is 0 Å². The minimum atomic E-state index is -0.421. The highest BCUT2D eigenvalue weighted by atomic mass is 16.2. The molecule has 0 aliphatic rings. The molecule has 1 aromatic heterocycles. The number of aromatic nitrogens is 2. The molecule has 1 heterocycles. The Bertz CT molecular complexity index is 638. The van der Waals surface area contributed by atoms with Crippen molar-refractivity contribution >= 4 is 0 Å². The number of hydrogen-bond acceptors (Lipinski definition) is 2. The SMILES string of the molecule is Cc1ccc(-n2ccc(=O)[nH]c2=O)cc1C. The topological polar surface area (TPSA) is 54.9 Å². The molecule has 1 aromatic carbocycles. The van der Waals surface area contributed by atoms with E-state index in [1.54, 1.807) is 0 Å². The number of aryl methyl sites for hydroxylation is 2. The fraction of sp³-hybridized carbons (Fsp3) is 0.167. The summed E-state index contributed by atoms with van der Waals surface area (Å²) in [5.74, 6) is 0. The third-order valence-electron chi connectivity index (χ3n) is 2.59. The minimum Gasteiger partial charge on any atom is -0.274 e. The number of aromatic amines is 1. The van der Waals surface area contributed by atoms with Crippen molar-refractivity contribution in [1.82, 2.24) is 9.55 Å². The predicted octanol–water partition coefficient (Wildman–Crippen LogP) is 1.14. The van der Waals surface area contributed by atoms with E-state index in [1.165, 1.54) is 22.4 Å². The maximum atomic E-state index is 11.5. The van der Waals surface area contributed by atoms with Crippen LogP contribution < -0.4 is 11.2 Å². The van der Waals surface area contributed by atoms with Gasteiger partial charge in [0, 0.05) is 12.3 Å². The Morgan fingerprint density at radius 2 is 1.81 bits per heavy atom. The van der Waals surface area contributed by atoms with Crippen LogP contribution in [0.3, 0.4) is 0 Å². The van der Waals surface area contributed by atoms with Gasteiger partial charge in [-0.1, -0.05) is 6.07 Å². The van der Waals surface area contributed by atoms with Gasteiger partial charge in [0.15, 0.2) is 0 Å². The average molecular weight is 216 g/mol. The molecule has 0 saturated heterocycles. The summed E-state index contributed by atoms with van der Waals surface area (Å²) in [5.41, 5.74) is 2.22. The zero-order chi connectivity index (χ0) is 11.7. The van der Waals surface area contributed by atoms with Crippen LogP contribution in [-0.4, -0.2) is 9.55 Å². The van der Waals surface area contributed by atoms with Crippen molar-refractivity contribution in [2.45, 2.75) is 13.8 Å². The molecule has 0 spiro atoms. The lowest BCUT2D eigenvalue weighted by Crippen LogP contribution is -2.27. The molecule has 1 N–H and O–H groups in total. The van der Waals surface area contributed by atoms with Crippen LogP contribution >= 0.6 is 0 Å². The summed E-state index contributed by atoms with van der Waals surface area (Å²) in [4.78, 5) is 24.7. The number of rotatable bonds is 1. The molecular formula is C12H12N2O2. The number of nitrogens with one attached hydrogen (secondary N) is 1. The van der Waals surface area contributed by atoms with E-state index < -0.39 is 5.69 Å². The van der Waals surface area contributed by atoms with E-state index >= 15 is 0 Å². The van der Waals surface area contributed by atoms with E-state index in [4.69, 9.17) is 0 Å². The predicted molar refractivity (Wildman–Crippen MR) is 62.1 cm³/mol. The van der Waals surface area contributed by atoms with Crippen LogP contribution in [0.15, 0.2) is 40.1 Å². The molecule has 0 fully saturated rings. The molecule has 2 aromatic rings. The van der Waals surface area contributed by atoms with Gasteiger partial charge in [-0.3, -0.25) is 14.3 Å². The van der Waals surface area contributed by atoms with Crippen LogP contribution in [-0.2, 0) is 0 Å². The van der Waals surface area contributed by atoms with Gasteiger partial charge in [0.25, 0.3) is 5.56 Å². The Kier molecular flexibility index (Phi) is 2.48. The number of hydrogen-bond donors (Lipinski definition) is 1. The fourth-order valence-electron chi connectivity index (χ4n) is 1.50. The first-order chi connectivity index (χ1) is 7.58. The maximum absolute atomic E-state index is 11.5. The zero-order valence-corrected chi connectivity index (χ0v) is 9.15. The zero-order valence-electron chi connectivity index (χ0n) is 9.15. The van der Waals surface area contributed by atoms with E-state index in [0.29, 0.717) is 0 Å². The van der Waals surface area contributed by atoms with Gasteiger partial charge in [0.2, 0.25) is 0 Å². The summed E-state index contributed by atoms with van der Waals surface area (Å²) >= 11 is 0. The lowest BCUT2D eigenvalue weighted by molar-refractivity contribution is 0.894. The molecule has 0 unspecified atom stereocenters. The van der Waals surface area contributed by atoms with E-state index in [-0.39, 0.29) is 5.56 Å².